The maximum Gasteiger partial charge on any atom is 0.269 e. The molecule has 0 saturated heterocycles. The Morgan fingerprint density at radius 1 is 0.542 bits per heavy atom. The Hall–Kier alpha value is -6.72. The number of para-hydroxylation sites is 1. The van der Waals surface area contributed by atoms with Gasteiger partial charge in [-0.15, -0.1) is 0 Å². The summed E-state index contributed by atoms with van der Waals surface area (Å²) in [5.41, 5.74) is 13.4. The van der Waals surface area contributed by atoms with Crippen molar-refractivity contribution in [2.24, 2.45) is 0 Å². The highest BCUT2D eigenvalue weighted by Crippen LogP contribution is 2.38. The van der Waals surface area contributed by atoms with Crippen LogP contribution in [0.15, 0.2) is 158 Å². The molecular weight excluding hydrogens is 721 g/mol. The largest absolute Gasteiger partial charge is 0.458 e. The second kappa shape index (κ2) is 14.6. The van der Waals surface area contributed by atoms with Crippen molar-refractivity contribution >= 4 is 21.8 Å². The average molecular weight is 771 g/mol. The molecule has 0 unspecified atom stereocenters. The summed E-state index contributed by atoms with van der Waals surface area (Å²) in [5.74, 6) is 2.42. The van der Waals surface area contributed by atoms with Gasteiger partial charge in [0.1, 0.15) is 17.3 Å². The van der Waals surface area contributed by atoms with Gasteiger partial charge < -0.3 is 4.74 Å². The van der Waals surface area contributed by atoms with Gasteiger partial charge in [0.25, 0.3) is 6.33 Å². The lowest BCUT2D eigenvalue weighted by Crippen LogP contribution is -2.32. The van der Waals surface area contributed by atoms with Gasteiger partial charge in [0.15, 0.2) is 0 Å². The van der Waals surface area contributed by atoms with Crippen LogP contribution in [0.5, 0.6) is 11.5 Å². The van der Waals surface area contributed by atoms with Crippen molar-refractivity contribution in [2.45, 2.75) is 66.2 Å². The lowest BCUT2D eigenvalue weighted by atomic mass is 9.86. The minimum atomic E-state index is -0.130. The van der Waals surface area contributed by atoms with E-state index in [-0.39, 0.29) is 10.8 Å². The van der Waals surface area contributed by atoms with E-state index in [0.717, 1.165) is 67.6 Å². The molecule has 3 aromatic heterocycles. The van der Waals surface area contributed by atoms with E-state index in [9.17, 15) is 0 Å². The fourth-order valence-corrected chi connectivity index (χ4v) is 8.02. The number of rotatable bonds is 7. The maximum absolute atomic E-state index is 6.87. The standard InChI is InChI=1S/C54H50N4O/c1-36-37(2)57(35-56(36)44-28-40(38-17-11-9-12-18-38)27-41(29-44)39-19-13-10-14-20-39)45-30-43(54(6,7)8)31-47(33-45)59-46-23-24-49-48-21-15-16-22-50(48)58(51(49)34-46)52-32-42(25-26-55-52)53(3,4)5/h9-34H,1-8H3. The first kappa shape index (κ1) is 37.8. The van der Waals surface area contributed by atoms with Crippen molar-refractivity contribution in [2.75, 3.05) is 0 Å². The van der Waals surface area contributed by atoms with Gasteiger partial charge >= 0.3 is 0 Å². The average Bonchev–Trinajstić information content (AvgIpc) is 3.73. The van der Waals surface area contributed by atoms with Crippen molar-refractivity contribution < 1.29 is 9.30 Å². The highest BCUT2D eigenvalue weighted by molar-refractivity contribution is 6.09. The molecular formula is C54H50N4O. The Kier molecular flexibility index (Phi) is 9.35. The number of imidazole rings is 1. The van der Waals surface area contributed by atoms with Crippen molar-refractivity contribution in [3.63, 3.8) is 0 Å². The van der Waals surface area contributed by atoms with Gasteiger partial charge in [-0.2, -0.15) is 0 Å². The summed E-state index contributed by atoms with van der Waals surface area (Å²) >= 11 is 0. The highest BCUT2D eigenvalue weighted by Gasteiger charge is 2.22. The van der Waals surface area contributed by atoms with Crippen LogP contribution in [0.3, 0.4) is 0 Å². The number of aromatic nitrogens is 4. The van der Waals surface area contributed by atoms with E-state index in [0.29, 0.717) is 0 Å². The molecule has 0 aliphatic rings. The zero-order valence-corrected chi connectivity index (χ0v) is 35.2. The predicted octanol–water partition coefficient (Wildman–Crippen LogP) is 13.4. The maximum atomic E-state index is 6.87. The minimum absolute atomic E-state index is 0.00882. The fourth-order valence-electron chi connectivity index (χ4n) is 8.02. The summed E-state index contributed by atoms with van der Waals surface area (Å²) in [7, 11) is 0. The molecule has 5 heteroatoms. The molecule has 292 valence electrons. The zero-order chi connectivity index (χ0) is 41.1. The third-order valence-corrected chi connectivity index (χ3v) is 11.5. The summed E-state index contributed by atoms with van der Waals surface area (Å²) in [6, 6.07) is 53.9. The van der Waals surface area contributed by atoms with Gasteiger partial charge in [-0.3, -0.25) is 13.7 Å². The van der Waals surface area contributed by atoms with Crippen LogP contribution in [-0.2, 0) is 10.8 Å². The van der Waals surface area contributed by atoms with E-state index in [1.54, 1.807) is 0 Å². The molecule has 0 saturated carbocycles. The first-order valence-electron chi connectivity index (χ1n) is 20.5. The van der Waals surface area contributed by atoms with E-state index in [4.69, 9.17) is 9.72 Å². The Balaban J connectivity index is 1.15. The molecule has 9 aromatic rings. The van der Waals surface area contributed by atoms with Gasteiger partial charge in [0, 0.05) is 23.0 Å². The normalized spacial score (nSPS) is 12.1. The first-order chi connectivity index (χ1) is 28.3. The van der Waals surface area contributed by atoms with Gasteiger partial charge in [-0.1, -0.05) is 120 Å². The summed E-state index contributed by atoms with van der Waals surface area (Å²) in [5, 5.41) is 2.34. The number of pyridine rings is 1. The topological polar surface area (TPSA) is 35.9 Å². The second-order valence-corrected chi connectivity index (χ2v) is 17.7. The zero-order valence-electron chi connectivity index (χ0n) is 35.2. The van der Waals surface area contributed by atoms with E-state index in [2.05, 4.69) is 227 Å². The Labute approximate surface area is 347 Å². The number of hydrogen-bond acceptors (Lipinski definition) is 2. The quantitative estimate of drug-likeness (QED) is 0.120. The number of fused-ring (bicyclic) bond motifs is 3. The summed E-state index contributed by atoms with van der Waals surface area (Å²) in [6.45, 7) is 17.8. The molecule has 0 bridgehead atoms. The van der Waals surface area contributed by atoms with E-state index >= 15 is 0 Å². The summed E-state index contributed by atoms with van der Waals surface area (Å²) < 4.78 is 13.5. The predicted molar refractivity (Wildman–Crippen MR) is 243 cm³/mol. The second-order valence-electron chi connectivity index (χ2n) is 17.7. The molecule has 0 aliphatic carbocycles. The van der Waals surface area contributed by atoms with Crippen molar-refractivity contribution in [3.05, 3.63) is 187 Å². The molecule has 3 heterocycles. The molecule has 0 N–H and O–H groups in total. The van der Waals surface area contributed by atoms with Crippen LogP contribution in [0.1, 0.15) is 64.1 Å². The first-order valence-corrected chi connectivity index (χ1v) is 20.5. The molecule has 5 nitrogen and oxygen atoms in total. The Bertz CT molecular complexity index is 2940. The molecule has 0 amide bonds. The molecule has 0 spiro atoms. The number of benzene rings is 6. The Morgan fingerprint density at radius 3 is 1.83 bits per heavy atom. The van der Waals surface area contributed by atoms with Gasteiger partial charge in [-0.25, -0.2) is 4.98 Å². The van der Waals surface area contributed by atoms with Crippen LogP contribution in [0.4, 0.5) is 0 Å². The van der Waals surface area contributed by atoms with E-state index in [1.807, 2.05) is 6.20 Å². The van der Waals surface area contributed by atoms with Gasteiger partial charge in [-0.05, 0) is 125 Å². The number of hydrogen-bond donors (Lipinski definition) is 0. The van der Waals surface area contributed by atoms with E-state index < -0.39 is 0 Å². The van der Waals surface area contributed by atoms with Crippen molar-refractivity contribution in [1.82, 2.24) is 14.1 Å². The van der Waals surface area contributed by atoms with Crippen molar-refractivity contribution in [1.29, 1.82) is 0 Å². The minimum Gasteiger partial charge on any atom is -0.458 e. The van der Waals surface area contributed by atoms with Crippen LogP contribution >= 0.6 is 0 Å². The number of ether oxygens (including phenoxy) is 1. The molecule has 0 atom stereocenters. The van der Waals surface area contributed by atoms with Crippen LogP contribution in [-0.4, -0.2) is 14.1 Å². The molecule has 6 aromatic carbocycles. The molecule has 59 heavy (non-hydrogen) atoms. The monoisotopic (exact) mass is 770 g/mol. The van der Waals surface area contributed by atoms with Gasteiger partial charge in [0.05, 0.1) is 33.8 Å². The highest BCUT2D eigenvalue weighted by atomic mass is 16.5. The van der Waals surface area contributed by atoms with Gasteiger partial charge in [0.2, 0.25) is 0 Å². The smallest absolute Gasteiger partial charge is 0.269 e. The number of nitrogens with zero attached hydrogens (tertiary/aromatic N) is 4. The molecule has 0 fully saturated rings. The lowest BCUT2D eigenvalue weighted by molar-refractivity contribution is -0.606. The molecule has 9 rings (SSSR count). The van der Waals surface area contributed by atoms with Crippen LogP contribution in [0.2, 0.25) is 0 Å². The fraction of sp³-hybridized carbons (Fsp3) is 0.185. The Morgan fingerprint density at radius 2 is 1.17 bits per heavy atom. The summed E-state index contributed by atoms with van der Waals surface area (Å²) in [4.78, 5) is 4.89. The van der Waals surface area contributed by atoms with Crippen LogP contribution in [0, 0.1) is 20.2 Å². The molecule has 0 radical (unpaired) electrons. The molecule has 0 aliphatic heterocycles. The van der Waals surface area contributed by atoms with Crippen LogP contribution in [0.25, 0.3) is 61.3 Å². The third kappa shape index (κ3) is 7.23. The van der Waals surface area contributed by atoms with E-state index in [1.165, 1.54) is 27.6 Å². The van der Waals surface area contributed by atoms with Crippen molar-refractivity contribution in [3.8, 4) is 50.9 Å². The third-order valence-electron chi connectivity index (χ3n) is 11.5. The lowest BCUT2D eigenvalue weighted by Gasteiger charge is -2.22. The SMILES string of the molecule is Cc1c(C)[n+](-c2cc(-c3ccccc3)cc(-c3ccccc3)c2)[c-]n1-c1cc(Oc2ccc3c4ccccc4n(-c4cc(C(C)(C)C)ccn4)c3c2)cc(C(C)(C)C)c1. The summed E-state index contributed by atoms with van der Waals surface area (Å²) in [6.07, 6.45) is 5.68. The van der Waals surface area contributed by atoms with Crippen LogP contribution < -0.4 is 9.30 Å².